The van der Waals surface area contributed by atoms with Crippen LogP contribution in [-0.4, -0.2) is 34.4 Å². The number of ketones is 1. The van der Waals surface area contributed by atoms with Crippen LogP contribution in [0.3, 0.4) is 0 Å². The van der Waals surface area contributed by atoms with Gasteiger partial charge in [-0.25, -0.2) is 4.98 Å². The molecule has 0 atom stereocenters. The van der Waals surface area contributed by atoms with Crippen LogP contribution in [0, 0.1) is 6.92 Å². The van der Waals surface area contributed by atoms with Gasteiger partial charge in [-0.3, -0.25) is 9.20 Å². The van der Waals surface area contributed by atoms with Crippen LogP contribution in [-0.2, 0) is 0 Å². The minimum absolute atomic E-state index is 0.150. The standard InChI is InChI=1S/C16H15N3O3/c1-10-14(21-2)15(22-3)18-16-17-12(9-19(10)16)13(20)11-7-5-4-6-8-11/h4-9H,1-3H3. The van der Waals surface area contributed by atoms with Gasteiger partial charge < -0.3 is 9.47 Å². The molecule has 3 rings (SSSR count). The van der Waals surface area contributed by atoms with Crippen LogP contribution in [0.1, 0.15) is 21.7 Å². The van der Waals surface area contributed by atoms with E-state index in [1.54, 1.807) is 29.8 Å². The Kier molecular flexibility index (Phi) is 3.50. The third kappa shape index (κ3) is 2.18. The number of hydrogen-bond donors (Lipinski definition) is 0. The zero-order valence-corrected chi connectivity index (χ0v) is 12.5. The van der Waals surface area contributed by atoms with E-state index < -0.39 is 0 Å². The lowest BCUT2D eigenvalue weighted by Crippen LogP contribution is -2.01. The molecular formula is C16H15N3O3. The summed E-state index contributed by atoms with van der Waals surface area (Å²) in [6.45, 7) is 1.86. The fourth-order valence-electron chi connectivity index (χ4n) is 2.32. The first-order chi connectivity index (χ1) is 10.7. The Morgan fingerprint density at radius 1 is 1.09 bits per heavy atom. The first-order valence-corrected chi connectivity index (χ1v) is 6.73. The molecule has 0 spiro atoms. The van der Waals surface area contributed by atoms with E-state index in [1.165, 1.54) is 7.11 Å². The van der Waals surface area contributed by atoms with Gasteiger partial charge in [0.05, 0.1) is 19.9 Å². The van der Waals surface area contributed by atoms with Crippen molar-refractivity contribution >= 4 is 11.6 Å². The molecule has 112 valence electrons. The van der Waals surface area contributed by atoms with Crippen LogP contribution in [0.2, 0.25) is 0 Å². The van der Waals surface area contributed by atoms with Crippen molar-refractivity contribution in [3.63, 3.8) is 0 Å². The minimum Gasteiger partial charge on any atom is -0.490 e. The van der Waals surface area contributed by atoms with Crippen molar-refractivity contribution in [3.05, 3.63) is 53.5 Å². The molecule has 2 aromatic heterocycles. The number of aryl methyl sites for hydroxylation is 1. The summed E-state index contributed by atoms with van der Waals surface area (Å²) in [6, 6.07) is 9.01. The fourth-order valence-corrected chi connectivity index (χ4v) is 2.32. The summed E-state index contributed by atoms with van der Waals surface area (Å²) in [7, 11) is 3.06. The average molecular weight is 297 g/mol. The maximum absolute atomic E-state index is 12.5. The lowest BCUT2D eigenvalue weighted by molar-refractivity contribution is 0.103. The summed E-state index contributed by atoms with van der Waals surface area (Å²) in [5.41, 5.74) is 1.68. The van der Waals surface area contributed by atoms with Gasteiger partial charge in [0.1, 0.15) is 5.69 Å². The average Bonchev–Trinajstić information content (AvgIpc) is 2.99. The van der Waals surface area contributed by atoms with E-state index in [2.05, 4.69) is 9.97 Å². The predicted octanol–water partition coefficient (Wildman–Crippen LogP) is 2.29. The molecule has 0 aliphatic heterocycles. The number of benzene rings is 1. The van der Waals surface area contributed by atoms with E-state index in [9.17, 15) is 4.79 Å². The van der Waals surface area contributed by atoms with E-state index in [-0.39, 0.29) is 5.78 Å². The van der Waals surface area contributed by atoms with E-state index in [0.717, 1.165) is 5.69 Å². The Bertz CT molecular complexity index is 841. The van der Waals surface area contributed by atoms with Crippen molar-refractivity contribution in [2.75, 3.05) is 14.2 Å². The molecule has 6 heteroatoms. The smallest absolute Gasteiger partial charge is 0.261 e. The summed E-state index contributed by atoms with van der Waals surface area (Å²) in [6.07, 6.45) is 1.66. The molecule has 6 nitrogen and oxygen atoms in total. The summed E-state index contributed by atoms with van der Waals surface area (Å²) in [5, 5.41) is 0. The van der Waals surface area contributed by atoms with Gasteiger partial charge in [0.15, 0.2) is 0 Å². The minimum atomic E-state index is -0.150. The van der Waals surface area contributed by atoms with Gasteiger partial charge in [-0.05, 0) is 6.92 Å². The van der Waals surface area contributed by atoms with Crippen LogP contribution < -0.4 is 9.47 Å². The van der Waals surface area contributed by atoms with E-state index in [1.807, 2.05) is 25.1 Å². The molecule has 0 saturated carbocycles. The molecule has 3 aromatic rings. The fraction of sp³-hybridized carbons (Fsp3) is 0.188. The normalized spacial score (nSPS) is 10.7. The summed E-state index contributed by atoms with van der Waals surface area (Å²) >= 11 is 0. The monoisotopic (exact) mass is 297 g/mol. The largest absolute Gasteiger partial charge is 0.490 e. The van der Waals surface area contributed by atoms with Crippen molar-refractivity contribution in [3.8, 4) is 11.6 Å². The highest BCUT2D eigenvalue weighted by atomic mass is 16.5. The number of aromatic nitrogens is 3. The van der Waals surface area contributed by atoms with Crippen LogP contribution in [0.5, 0.6) is 11.6 Å². The van der Waals surface area contributed by atoms with Crippen LogP contribution >= 0.6 is 0 Å². The summed E-state index contributed by atoms with van der Waals surface area (Å²) in [5.74, 6) is 1.11. The number of nitrogens with zero attached hydrogens (tertiary/aromatic N) is 3. The van der Waals surface area contributed by atoms with E-state index in [0.29, 0.717) is 28.7 Å². The van der Waals surface area contributed by atoms with Gasteiger partial charge in [-0.2, -0.15) is 4.98 Å². The maximum Gasteiger partial charge on any atom is 0.261 e. The number of ether oxygens (including phenoxy) is 2. The first-order valence-electron chi connectivity index (χ1n) is 6.73. The molecular weight excluding hydrogens is 282 g/mol. The van der Waals surface area contributed by atoms with E-state index in [4.69, 9.17) is 9.47 Å². The van der Waals surface area contributed by atoms with Crippen molar-refractivity contribution < 1.29 is 14.3 Å². The number of imidazole rings is 1. The molecule has 0 radical (unpaired) electrons. The molecule has 0 aliphatic carbocycles. The molecule has 0 bridgehead atoms. The van der Waals surface area contributed by atoms with Crippen LogP contribution in [0.15, 0.2) is 36.5 Å². The molecule has 0 N–H and O–H groups in total. The molecule has 0 amide bonds. The van der Waals surface area contributed by atoms with Crippen LogP contribution in [0.4, 0.5) is 0 Å². The van der Waals surface area contributed by atoms with E-state index >= 15 is 0 Å². The Morgan fingerprint density at radius 2 is 1.82 bits per heavy atom. The number of fused-ring (bicyclic) bond motifs is 1. The van der Waals surface area contributed by atoms with Gasteiger partial charge in [0.25, 0.3) is 5.88 Å². The third-order valence-electron chi connectivity index (χ3n) is 3.44. The Balaban J connectivity index is 2.14. The molecule has 2 heterocycles. The van der Waals surface area contributed by atoms with Crippen molar-refractivity contribution in [2.45, 2.75) is 6.92 Å². The molecule has 22 heavy (non-hydrogen) atoms. The summed E-state index contributed by atoms with van der Waals surface area (Å²) < 4.78 is 12.2. The molecule has 0 fully saturated rings. The first kappa shape index (κ1) is 14.1. The summed E-state index contributed by atoms with van der Waals surface area (Å²) in [4.78, 5) is 21.0. The quantitative estimate of drug-likeness (QED) is 0.691. The number of carbonyl (C=O) groups is 1. The molecule has 1 aromatic carbocycles. The Hall–Kier alpha value is -2.89. The van der Waals surface area contributed by atoms with Crippen molar-refractivity contribution in [2.24, 2.45) is 0 Å². The second-order valence-electron chi connectivity index (χ2n) is 4.73. The number of carbonyl (C=O) groups excluding carboxylic acids is 1. The topological polar surface area (TPSA) is 65.7 Å². The number of rotatable bonds is 4. The van der Waals surface area contributed by atoms with Gasteiger partial charge in [0, 0.05) is 11.8 Å². The second-order valence-corrected chi connectivity index (χ2v) is 4.73. The number of methoxy groups -OCH3 is 2. The SMILES string of the molecule is COc1nc2nc(C(=O)c3ccccc3)cn2c(C)c1OC. The highest BCUT2D eigenvalue weighted by Gasteiger charge is 2.19. The predicted molar refractivity (Wildman–Crippen MR) is 80.7 cm³/mol. The zero-order chi connectivity index (χ0) is 15.7. The molecule has 0 unspecified atom stereocenters. The second kappa shape index (κ2) is 5.48. The van der Waals surface area contributed by atoms with Crippen molar-refractivity contribution in [1.29, 1.82) is 0 Å². The van der Waals surface area contributed by atoms with Gasteiger partial charge in [-0.1, -0.05) is 30.3 Å². The van der Waals surface area contributed by atoms with Gasteiger partial charge in [0.2, 0.25) is 17.3 Å². The maximum atomic E-state index is 12.5. The van der Waals surface area contributed by atoms with Gasteiger partial charge in [-0.15, -0.1) is 0 Å². The zero-order valence-electron chi connectivity index (χ0n) is 12.5. The highest BCUT2D eigenvalue weighted by Crippen LogP contribution is 2.29. The number of hydrogen-bond acceptors (Lipinski definition) is 5. The Morgan fingerprint density at radius 3 is 2.45 bits per heavy atom. The molecule has 0 aliphatic rings. The lowest BCUT2D eigenvalue weighted by Gasteiger charge is -2.10. The van der Waals surface area contributed by atoms with Crippen molar-refractivity contribution in [1.82, 2.24) is 14.4 Å². The highest BCUT2D eigenvalue weighted by molar-refractivity contribution is 6.07. The third-order valence-corrected chi connectivity index (χ3v) is 3.44. The Labute approximate surface area is 127 Å². The van der Waals surface area contributed by atoms with Gasteiger partial charge >= 0.3 is 0 Å². The molecule has 0 saturated heterocycles. The lowest BCUT2D eigenvalue weighted by atomic mass is 10.1. The van der Waals surface area contributed by atoms with Crippen LogP contribution in [0.25, 0.3) is 5.78 Å².